The minimum atomic E-state index is -0.0841. The molecule has 0 radical (unpaired) electrons. The van der Waals surface area contributed by atoms with Crippen LogP contribution in [0.3, 0.4) is 0 Å². The number of nitrogens with two attached hydrogens (primary N) is 1. The fraction of sp³-hybridized carbons (Fsp3) is 0.138. The van der Waals surface area contributed by atoms with E-state index >= 15 is 0 Å². The van der Waals surface area contributed by atoms with Crippen LogP contribution in [0.1, 0.15) is 33.2 Å². The third-order valence-electron chi connectivity index (χ3n) is 6.70. The van der Waals surface area contributed by atoms with Gasteiger partial charge in [-0.3, -0.25) is 4.79 Å². The van der Waals surface area contributed by atoms with Crippen LogP contribution in [0.2, 0.25) is 0 Å². The van der Waals surface area contributed by atoms with E-state index in [1.54, 1.807) is 19.0 Å². The molecular weight excluding hydrogens is 476 g/mol. The van der Waals surface area contributed by atoms with Crippen LogP contribution in [0.15, 0.2) is 78.9 Å². The summed E-state index contributed by atoms with van der Waals surface area (Å²) in [7, 11) is 3.50. The van der Waals surface area contributed by atoms with Crippen LogP contribution in [0, 0.1) is 0 Å². The number of aromatic nitrogens is 6. The Morgan fingerprint density at radius 3 is 2.55 bits per heavy atom. The lowest BCUT2D eigenvalue weighted by molar-refractivity contribution is 0.0827. The second-order valence-electron chi connectivity index (χ2n) is 9.47. The quantitative estimate of drug-likeness (QED) is 0.306. The Morgan fingerprint density at radius 1 is 0.921 bits per heavy atom. The van der Waals surface area contributed by atoms with Gasteiger partial charge in [0.05, 0.1) is 11.0 Å². The molecule has 3 heterocycles. The minimum absolute atomic E-state index is 0.0387. The van der Waals surface area contributed by atoms with Gasteiger partial charge in [-0.1, -0.05) is 54.6 Å². The third-order valence-corrected chi connectivity index (χ3v) is 6.70. The summed E-state index contributed by atoms with van der Waals surface area (Å²) in [5.41, 5.74) is 13.7. The van der Waals surface area contributed by atoms with Crippen molar-refractivity contribution in [2.24, 2.45) is 0 Å². The van der Waals surface area contributed by atoms with E-state index < -0.39 is 0 Å². The summed E-state index contributed by atoms with van der Waals surface area (Å²) in [4.78, 5) is 27.0. The number of hydrogen-bond acceptors (Lipinski definition) is 6. The molecule has 0 aliphatic carbocycles. The molecule has 0 aliphatic rings. The molecule has 0 saturated heterocycles. The number of carbonyl (C=O) groups is 1. The Kier molecular flexibility index (Phi) is 5.80. The lowest BCUT2D eigenvalue weighted by atomic mass is 9.88. The molecule has 9 heteroatoms. The van der Waals surface area contributed by atoms with Crippen LogP contribution in [-0.4, -0.2) is 55.3 Å². The van der Waals surface area contributed by atoms with E-state index in [0.717, 1.165) is 39.1 Å². The molecule has 0 saturated carbocycles. The maximum absolute atomic E-state index is 12.6. The van der Waals surface area contributed by atoms with Crippen LogP contribution in [-0.2, 0) is 6.42 Å². The number of aromatic amines is 2. The topological polar surface area (TPSA) is 129 Å². The number of nitrogens with zero attached hydrogens (tertiary/aromatic N) is 5. The number of benzene rings is 3. The molecule has 38 heavy (non-hydrogen) atoms. The van der Waals surface area contributed by atoms with E-state index in [1.165, 1.54) is 0 Å². The molecule has 0 bridgehead atoms. The van der Waals surface area contributed by atoms with Gasteiger partial charge in [-0.15, -0.1) is 5.10 Å². The first-order valence-electron chi connectivity index (χ1n) is 12.3. The minimum Gasteiger partial charge on any atom is -0.384 e. The molecule has 3 aromatic heterocycles. The highest BCUT2D eigenvalue weighted by molar-refractivity contribution is 5.97. The number of anilines is 1. The number of carbonyl (C=O) groups excluding carboxylic acids is 1. The van der Waals surface area contributed by atoms with E-state index in [2.05, 4.69) is 37.5 Å². The Morgan fingerprint density at radius 2 is 1.74 bits per heavy atom. The van der Waals surface area contributed by atoms with Gasteiger partial charge >= 0.3 is 0 Å². The highest BCUT2D eigenvalue weighted by Crippen LogP contribution is 2.34. The van der Waals surface area contributed by atoms with Crippen molar-refractivity contribution < 1.29 is 4.79 Å². The molecule has 0 spiro atoms. The average Bonchev–Trinajstić information content (AvgIpc) is 3.58. The predicted octanol–water partition coefficient (Wildman–Crippen LogP) is 4.55. The average molecular weight is 503 g/mol. The lowest BCUT2D eigenvalue weighted by Gasteiger charge is -2.17. The largest absolute Gasteiger partial charge is 0.384 e. The second-order valence-corrected chi connectivity index (χ2v) is 9.47. The summed E-state index contributed by atoms with van der Waals surface area (Å²) in [6, 6.07) is 25.8. The van der Waals surface area contributed by atoms with Gasteiger partial charge in [0.25, 0.3) is 5.91 Å². The standard InChI is InChI=1S/C29H26N8O/c1-37(2)29(38)19-11-6-10-18(14-19)20-12-7-13-23-26(20)33-25(31-23)16-21(17-8-4-3-5-9-17)22-15-24(30)32-28-27(22)34-36-35-28/h3-15,21H,16H2,1-2H3,(H,31,33)(H3,30,32,34,35,36)/t21-/m1/s1. The number of rotatable bonds is 6. The number of nitrogen functional groups attached to an aromatic ring is 1. The summed E-state index contributed by atoms with van der Waals surface area (Å²) in [5, 5.41) is 11.2. The maximum atomic E-state index is 12.6. The van der Waals surface area contributed by atoms with Crippen molar-refractivity contribution in [3.05, 3.63) is 101 Å². The van der Waals surface area contributed by atoms with E-state index in [-0.39, 0.29) is 11.8 Å². The predicted molar refractivity (Wildman–Crippen MR) is 148 cm³/mol. The Balaban J connectivity index is 1.44. The Bertz CT molecular complexity index is 1770. The molecule has 0 unspecified atom stereocenters. The van der Waals surface area contributed by atoms with Crippen LogP contribution in [0.4, 0.5) is 5.82 Å². The Labute approximate surface area is 218 Å². The lowest BCUT2D eigenvalue weighted by Crippen LogP contribution is -2.21. The molecule has 1 atom stereocenters. The van der Waals surface area contributed by atoms with Crippen LogP contribution in [0.5, 0.6) is 0 Å². The van der Waals surface area contributed by atoms with Crippen molar-refractivity contribution >= 4 is 33.9 Å². The van der Waals surface area contributed by atoms with Gasteiger partial charge in [0.2, 0.25) is 5.65 Å². The number of nitrogens with one attached hydrogen (secondary N) is 2. The van der Waals surface area contributed by atoms with Crippen LogP contribution >= 0.6 is 0 Å². The molecule has 188 valence electrons. The monoisotopic (exact) mass is 502 g/mol. The maximum Gasteiger partial charge on any atom is 0.253 e. The number of imidazole rings is 1. The SMILES string of the molecule is CN(C)C(=O)c1cccc(-c2cccc3[nH]c(C[C@H](c4ccccc4)c4cc(N)nc5n[nH]nc45)nc23)c1. The van der Waals surface area contributed by atoms with Crippen molar-refractivity contribution in [1.29, 1.82) is 0 Å². The van der Waals surface area contributed by atoms with E-state index in [9.17, 15) is 4.79 Å². The van der Waals surface area contributed by atoms with Crippen molar-refractivity contribution in [2.45, 2.75) is 12.3 Å². The number of para-hydroxylation sites is 1. The number of hydrogen-bond donors (Lipinski definition) is 3. The van der Waals surface area contributed by atoms with Gasteiger partial charge in [0, 0.05) is 37.6 Å². The second kappa shape index (κ2) is 9.44. The van der Waals surface area contributed by atoms with E-state index in [4.69, 9.17) is 10.7 Å². The molecule has 9 nitrogen and oxygen atoms in total. The van der Waals surface area contributed by atoms with Crippen molar-refractivity contribution in [3.63, 3.8) is 0 Å². The van der Waals surface area contributed by atoms with Gasteiger partial charge in [-0.2, -0.15) is 10.3 Å². The molecule has 0 fully saturated rings. The molecule has 1 amide bonds. The zero-order valence-electron chi connectivity index (χ0n) is 21.0. The Hall–Kier alpha value is -5.05. The molecular formula is C29H26N8O. The fourth-order valence-corrected chi connectivity index (χ4v) is 4.92. The van der Waals surface area contributed by atoms with Crippen LogP contribution < -0.4 is 5.73 Å². The zero-order chi connectivity index (χ0) is 26.2. The molecule has 3 aromatic carbocycles. The molecule has 6 rings (SSSR count). The van der Waals surface area contributed by atoms with Gasteiger partial charge in [0.1, 0.15) is 17.2 Å². The van der Waals surface area contributed by atoms with Gasteiger partial charge in [-0.05, 0) is 41.0 Å². The van der Waals surface area contributed by atoms with Crippen molar-refractivity contribution in [1.82, 2.24) is 35.3 Å². The fourth-order valence-electron chi connectivity index (χ4n) is 4.92. The molecule has 0 aliphatic heterocycles. The number of fused-ring (bicyclic) bond motifs is 2. The summed E-state index contributed by atoms with van der Waals surface area (Å²) in [5.74, 6) is 1.10. The summed E-state index contributed by atoms with van der Waals surface area (Å²) in [6.07, 6.45) is 0.586. The van der Waals surface area contributed by atoms with Crippen LogP contribution in [0.25, 0.3) is 33.3 Å². The number of pyridine rings is 1. The molecule has 4 N–H and O–H groups in total. The van der Waals surface area contributed by atoms with Crippen molar-refractivity contribution in [2.75, 3.05) is 19.8 Å². The third kappa shape index (κ3) is 4.24. The van der Waals surface area contributed by atoms with Gasteiger partial charge < -0.3 is 15.6 Å². The zero-order valence-corrected chi connectivity index (χ0v) is 21.0. The number of amides is 1. The van der Waals surface area contributed by atoms with E-state index in [1.807, 2.05) is 66.7 Å². The molecule has 6 aromatic rings. The smallest absolute Gasteiger partial charge is 0.253 e. The summed E-state index contributed by atoms with van der Waals surface area (Å²) >= 11 is 0. The first kappa shape index (κ1) is 23.4. The van der Waals surface area contributed by atoms with Gasteiger partial charge in [-0.25, -0.2) is 9.97 Å². The first-order chi connectivity index (χ1) is 18.5. The van der Waals surface area contributed by atoms with Gasteiger partial charge in [0.15, 0.2) is 0 Å². The normalized spacial score (nSPS) is 12.2. The first-order valence-corrected chi connectivity index (χ1v) is 12.3. The summed E-state index contributed by atoms with van der Waals surface area (Å²) < 4.78 is 0. The highest BCUT2D eigenvalue weighted by atomic mass is 16.2. The summed E-state index contributed by atoms with van der Waals surface area (Å²) in [6.45, 7) is 0. The van der Waals surface area contributed by atoms with Crippen molar-refractivity contribution in [3.8, 4) is 11.1 Å². The highest BCUT2D eigenvalue weighted by Gasteiger charge is 2.23. The van der Waals surface area contributed by atoms with E-state index in [0.29, 0.717) is 29.0 Å². The number of H-pyrrole nitrogens is 2.